The molecular weight excluding hydrogens is 392 g/mol. The summed E-state index contributed by atoms with van der Waals surface area (Å²) in [6.45, 7) is 1.96. The first-order valence-corrected chi connectivity index (χ1v) is 10.4. The number of aryl methyl sites for hydroxylation is 1. The summed E-state index contributed by atoms with van der Waals surface area (Å²) in [4.78, 5) is 21.2. The van der Waals surface area contributed by atoms with Gasteiger partial charge >= 0.3 is 5.91 Å². The zero-order valence-electron chi connectivity index (χ0n) is 15.0. The van der Waals surface area contributed by atoms with E-state index in [0.717, 1.165) is 21.4 Å². The van der Waals surface area contributed by atoms with Crippen LogP contribution >= 0.6 is 23.1 Å². The van der Waals surface area contributed by atoms with Crippen molar-refractivity contribution in [2.75, 3.05) is 11.2 Å². The Morgan fingerprint density at radius 2 is 2.18 bits per heavy atom. The molecule has 3 aromatic rings. The van der Waals surface area contributed by atoms with E-state index in [1.807, 2.05) is 42.6 Å². The van der Waals surface area contributed by atoms with E-state index in [9.17, 15) is 4.79 Å². The van der Waals surface area contributed by atoms with Gasteiger partial charge in [-0.25, -0.2) is 9.78 Å². The summed E-state index contributed by atoms with van der Waals surface area (Å²) in [6, 6.07) is 9.61. The van der Waals surface area contributed by atoms with Crippen LogP contribution in [0.5, 0.6) is 11.5 Å². The Bertz CT molecular complexity index is 1080. The number of amides is 1. The Balaban J connectivity index is 1.46. The SMILES string of the molecule is Cc1csc(Nc2ccccc2Oc2cncc(SC[N+]3=CC=CC3=O)c2)n1. The molecule has 0 bridgehead atoms. The Kier molecular flexibility index (Phi) is 5.50. The van der Waals surface area contributed by atoms with E-state index >= 15 is 0 Å². The number of pyridine rings is 1. The smallest absolute Gasteiger partial charge is 0.413 e. The summed E-state index contributed by atoms with van der Waals surface area (Å²) in [7, 11) is 0. The molecule has 4 rings (SSSR count). The van der Waals surface area contributed by atoms with Gasteiger partial charge in [0.1, 0.15) is 5.75 Å². The summed E-state index contributed by atoms with van der Waals surface area (Å²) >= 11 is 3.07. The van der Waals surface area contributed by atoms with Gasteiger partial charge in [0.15, 0.2) is 17.1 Å². The maximum absolute atomic E-state index is 11.6. The fourth-order valence-electron chi connectivity index (χ4n) is 2.50. The first kappa shape index (κ1) is 18.4. The molecule has 6 nitrogen and oxygen atoms in total. The number of allylic oxidation sites excluding steroid dienone is 1. The maximum atomic E-state index is 11.6. The van der Waals surface area contributed by atoms with E-state index in [2.05, 4.69) is 15.3 Å². The quantitative estimate of drug-likeness (QED) is 0.454. The number of ether oxygens (including phenoxy) is 1. The van der Waals surface area contributed by atoms with Gasteiger partial charge in [0.2, 0.25) is 5.88 Å². The molecule has 28 heavy (non-hydrogen) atoms. The number of aromatic nitrogens is 2. The Morgan fingerprint density at radius 3 is 2.96 bits per heavy atom. The predicted molar refractivity (Wildman–Crippen MR) is 112 cm³/mol. The number of carbonyl (C=O) groups is 1. The van der Waals surface area contributed by atoms with Crippen molar-refractivity contribution in [3.05, 3.63) is 66.0 Å². The molecule has 2 aromatic heterocycles. The third kappa shape index (κ3) is 4.47. The van der Waals surface area contributed by atoms with Gasteiger partial charge < -0.3 is 10.1 Å². The lowest BCUT2D eigenvalue weighted by Crippen LogP contribution is -2.14. The lowest BCUT2D eigenvalue weighted by molar-refractivity contribution is -0.415. The first-order valence-electron chi connectivity index (χ1n) is 8.53. The van der Waals surface area contributed by atoms with Crippen molar-refractivity contribution in [1.82, 2.24) is 9.97 Å². The highest BCUT2D eigenvalue weighted by Crippen LogP contribution is 2.33. The minimum Gasteiger partial charge on any atom is -0.454 e. The molecule has 0 radical (unpaired) electrons. The number of hydrogen-bond donors (Lipinski definition) is 1. The van der Waals surface area contributed by atoms with Crippen LogP contribution in [0.25, 0.3) is 0 Å². The molecule has 0 fully saturated rings. The molecule has 140 valence electrons. The van der Waals surface area contributed by atoms with Gasteiger partial charge in [0, 0.05) is 22.5 Å². The molecule has 0 unspecified atom stereocenters. The third-order valence-electron chi connectivity index (χ3n) is 3.82. The average Bonchev–Trinajstić information content (AvgIpc) is 3.30. The molecule has 1 N–H and O–H groups in total. The van der Waals surface area contributed by atoms with Crippen LogP contribution in [-0.4, -0.2) is 32.5 Å². The molecule has 0 saturated heterocycles. The van der Waals surface area contributed by atoms with Crippen molar-refractivity contribution >= 4 is 46.0 Å². The zero-order valence-corrected chi connectivity index (χ0v) is 16.7. The number of para-hydroxylation sites is 2. The van der Waals surface area contributed by atoms with Crippen LogP contribution in [0.4, 0.5) is 10.8 Å². The summed E-state index contributed by atoms with van der Waals surface area (Å²) in [6.07, 6.45) is 8.49. The predicted octanol–water partition coefficient (Wildman–Crippen LogP) is 4.61. The fourth-order valence-corrected chi connectivity index (χ4v) is 4.03. The molecule has 0 saturated carbocycles. The van der Waals surface area contributed by atoms with Gasteiger partial charge in [-0.05, 0) is 25.1 Å². The van der Waals surface area contributed by atoms with Gasteiger partial charge in [-0.1, -0.05) is 23.9 Å². The number of benzene rings is 1. The first-order chi connectivity index (χ1) is 13.7. The van der Waals surface area contributed by atoms with Gasteiger partial charge in [-0.15, -0.1) is 11.3 Å². The Labute approximate surface area is 170 Å². The molecule has 0 atom stereocenters. The van der Waals surface area contributed by atoms with Crippen LogP contribution in [0.3, 0.4) is 0 Å². The van der Waals surface area contributed by atoms with Gasteiger partial charge in [0.05, 0.1) is 23.7 Å². The number of thiazole rings is 1. The van der Waals surface area contributed by atoms with Crippen molar-refractivity contribution in [3.63, 3.8) is 0 Å². The maximum Gasteiger partial charge on any atom is 0.413 e. The van der Waals surface area contributed by atoms with Crippen LogP contribution in [-0.2, 0) is 4.79 Å². The lowest BCUT2D eigenvalue weighted by atomic mass is 10.3. The molecule has 1 aromatic carbocycles. The lowest BCUT2D eigenvalue weighted by Gasteiger charge is -2.11. The number of hydrogen-bond acceptors (Lipinski definition) is 7. The van der Waals surface area contributed by atoms with Crippen LogP contribution in [0.2, 0.25) is 0 Å². The molecule has 0 aliphatic carbocycles. The molecule has 1 aliphatic rings. The highest BCUT2D eigenvalue weighted by atomic mass is 32.2. The largest absolute Gasteiger partial charge is 0.454 e. The second-order valence-corrected chi connectivity index (χ2v) is 7.84. The van der Waals surface area contributed by atoms with Gasteiger partial charge in [0.25, 0.3) is 0 Å². The van der Waals surface area contributed by atoms with Gasteiger partial charge in [-0.3, -0.25) is 4.98 Å². The van der Waals surface area contributed by atoms with Crippen molar-refractivity contribution in [2.45, 2.75) is 11.8 Å². The molecule has 1 aliphatic heterocycles. The molecular formula is C20H17N4O2S2+. The fraction of sp³-hybridized carbons (Fsp3) is 0.100. The molecule has 0 spiro atoms. The number of nitrogens with zero attached hydrogens (tertiary/aromatic N) is 3. The second-order valence-electron chi connectivity index (χ2n) is 5.96. The normalized spacial score (nSPS) is 12.9. The van der Waals surface area contributed by atoms with Crippen molar-refractivity contribution in [3.8, 4) is 11.5 Å². The van der Waals surface area contributed by atoms with E-state index in [-0.39, 0.29) is 5.91 Å². The van der Waals surface area contributed by atoms with Crippen molar-refractivity contribution in [2.24, 2.45) is 0 Å². The van der Waals surface area contributed by atoms with Crippen LogP contribution in [0.1, 0.15) is 5.69 Å². The van der Waals surface area contributed by atoms with E-state index in [0.29, 0.717) is 17.4 Å². The number of rotatable bonds is 7. The van der Waals surface area contributed by atoms with Crippen LogP contribution in [0, 0.1) is 6.92 Å². The molecule has 8 heteroatoms. The summed E-state index contributed by atoms with van der Waals surface area (Å²) in [5.41, 5.74) is 1.81. The number of thioether (sulfide) groups is 1. The summed E-state index contributed by atoms with van der Waals surface area (Å²) < 4.78 is 7.71. The van der Waals surface area contributed by atoms with E-state index < -0.39 is 0 Å². The van der Waals surface area contributed by atoms with Gasteiger partial charge in [-0.2, -0.15) is 4.58 Å². The van der Waals surface area contributed by atoms with Crippen LogP contribution in [0.15, 0.2) is 65.2 Å². The summed E-state index contributed by atoms with van der Waals surface area (Å²) in [5, 5.41) is 6.11. The molecule has 1 amide bonds. The summed E-state index contributed by atoms with van der Waals surface area (Å²) in [5.74, 6) is 1.83. The minimum absolute atomic E-state index is 0.00899. The molecule has 3 heterocycles. The van der Waals surface area contributed by atoms with Crippen molar-refractivity contribution in [1.29, 1.82) is 0 Å². The van der Waals surface area contributed by atoms with E-state index in [1.54, 1.807) is 46.7 Å². The Hall–Kier alpha value is -2.97. The number of anilines is 2. The van der Waals surface area contributed by atoms with Crippen molar-refractivity contribution < 1.29 is 14.1 Å². The van der Waals surface area contributed by atoms with E-state index in [4.69, 9.17) is 4.74 Å². The minimum atomic E-state index is -0.00899. The zero-order chi connectivity index (χ0) is 19.3. The van der Waals surface area contributed by atoms with Crippen LogP contribution < -0.4 is 10.1 Å². The van der Waals surface area contributed by atoms with E-state index in [1.165, 1.54) is 11.8 Å². The Morgan fingerprint density at radius 1 is 1.29 bits per heavy atom. The third-order valence-corrected chi connectivity index (χ3v) is 5.66. The highest BCUT2D eigenvalue weighted by Gasteiger charge is 2.18. The second kappa shape index (κ2) is 8.37. The average molecular weight is 410 g/mol. The topological polar surface area (TPSA) is 67.1 Å². The number of nitrogens with one attached hydrogen (secondary N) is 1. The standard InChI is InChI=1S/C20H17N4O2S2/c1-14-12-27-20(22-14)23-17-5-2-3-6-18(17)26-15-9-16(11-21-10-15)28-13-24-8-4-7-19(24)25/h2-12H,13H2,1H3,(H,22,23)/q+1. The monoisotopic (exact) mass is 409 g/mol. The number of carbonyl (C=O) groups excluding carboxylic acids is 1. The highest BCUT2D eigenvalue weighted by molar-refractivity contribution is 7.99.